The molecule has 3 N–H and O–H groups in total. The number of aromatic nitrogens is 2. The molecule has 6 nitrogen and oxygen atoms in total. The molecular formula is C12H18Cl2N4O2. The van der Waals surface area contributed by atoms with Gasteiger partial charge in [0.2, 0.25) is 0 Å². The van der Waals surface area contributed by atoms with Gasteiger partial charge in [-0.2, -0.15) is 0 Å². The first-order valence-electron chi connectivity index (χ1n) is 6.07. The fourth-order valence-corrected chi connectivity index (χ4v) is 1.75. The molecule has 1 atom stereocenters. The van der Waals surface area contributed by atoms with Crippen molar-refractivity contribution in [2.45, 2.75) is 38.8 Å². The number of alkyl carbamates (subject to hydrolysis) is 1. The van der Waals surface area contributed by atoms with E-state index in [2.05, 4.69) is 15.5 Å². The van der Waals surface area contributed by atoms with Gasteiger partial charge in [-0.15, -0.1) is 10.2 Å². The molecule has 0 bridgehead atoms. The lowest BCUT2D eigenvalue weighted by Gasteiger charge is -2.20. The normalized spacial score (nSPS) is 12.9. The summed E-state index contributed by atoms with van der Waals surface area (Å²) in [6.45, 7) is 5.62. The maximum atomic E-state index is 11.5. The third-order valence-electron chi connectivity index (χ3n) is 2.18. The quantitative estimate of drug-likeness (QED) is 0.887. The standard InChI is InChI=1S/C12H18Cl2N4O2/c1-12(2,3)20-11(19)16-6-8(15)4-7-5-9(13)17-18-10(7)14/h5,8H,4,6,15H2,1-3H3,(H,16,19). The van der Waals surface area contributed by atoms with Gasteiger partial charge in [-0.3, -0.25) is 0 Å². The molecule has 0 saturated heterocycles. The maximum absolute atomic E-state index is 11.5. The largest absolute Gasteiger partial charge is 0.444 e. The summed E-state index contributed by atoms with van der Waals surface area (Å²) >= 11 is 11.6. The lowest BCUT2D eigenvalue weighted by Crippen LogP contribution is -2.41. The summed E-state index contributed by atoms with van der Waals surface area (Å²) < 4.78 is 5.11. The van der Waals surface area contributed by atoms with Gasteiger partial charge < -0.3 is 15.8 Å². The molecule has 1 aromatic heterocycles. The number of nitrogens with zero attached hydrogens (tertiary/aromatic N) is 2. The van der Waals surface area contributed by atoms with Gasteiger partial charge in [-0.25, -0.2) is 4.79 Å². The molecule has 1 heterocycles. The molecule has 8 heteroatoms. The van der Waals surface area contributed by atoms with Crippen molar-refractivity contribution in [3.63, 3.8) is 0 Å². The first kappa shape index (κ1) is 16.9. The van der Waals surface area contributed by atoms with Crippen LogP contribution < -0.4 is 11.1 Å². The molecule has 1 rings (SSSR count). The van der Waals surface area contributed by atoms with Crippen molar-refractivity contribution in [1.29, 1.82) is 0 Å². The number of rotatable bonds is 4. The average Bonchev–Trinajstić information content (AvgIpc) is 2.29. The number of hydrogen-bond acceptors (Lipinski definition) is 5. The molecule has 0 aliphatic heterocycles. The number of nitrogens with one attached hydrogen (secondary N) is 1. The van der Waals surface area contributed by atoms with E-state index in [0.717, 1.165) is 0 Å². The van der Waals surface area contributed by atoms with Crippen molar-refractivity contribution in [1.82, 2.24) is 15.5 Å². The molecule has 1 amide bonds. The predicted molar refractivity (Wildman–Crippen MR) is 78.0 cm³/mol. The molecule has 0 spiro atoms. The van der Waals surface area contributed by atoms with Gasteiger partial charge in [0.25, 0.3) is 0 Å². The molecular weight excluding hydrogens is 303 g/mol. The topological polar surface area (TPSA) is 90.1 Å². The SMILES string of the molecule is CC(C)(C)OC(=O)NCC(N)Cc1cc(Cl)nnc1Cl. The molecule has 0 saturated carbocycles. The summed E-state index contributed by atoms with van der Waals surface area (Å²) in [5.41, 5.74) is 6.06. The van der Waals surface area contributed by atoms with Crippen LogP contribution in [-0.4, -0.2) is 34.5 Å². The smallest absolute Gasteiger partial charge is 0.407 e. The fraction of sp³-hybridized carbons (Fsp3) is 0.583. The Hall–Kier alpha value is -1.11. The highest BCUT2D eigenvalue weighted by Gasteiger charge is 2.17. The third kappa shape index (κ3) is 6.36. The van der Waals surface area contributed by atoms with Crippen LogP contribution >= 0.6 is 23.2 Å². The minimum absolute atomic E-state index is 0.247. The summed E-state index contributed by atoms with van der Waals surface area (Å²) in [4.78, 5) is 11.5. The van der Waals surface area contributed by atoms with E-state index in [0.29, 0.717) is 12.0 Å². The van der Waals surface area contributed by atoms with E-state index in [4.69, 9.17) is 33.7 Å². The van der Waals surface area contributed by atoms with E-state index < -0.39 is 11.7 Å². The van der Waals surface area contributed by atoms with Crippen molar-refractivity contribution < 1.29 is 9.53 Å². The van der Waals surface area contributed by atoms with E-state index in [9.17, 15) is 4.79 Å². The molecule has 0 aliphatic rings. The van der Waals surface area contributed by atoms with E-state index >= 15 is 0 Å². The summed E-state index contributed by atoms with van der Waals surface area (Å²) in [6, 6.07) is 1.27. The molecule has 112 valence electrons. The van der Waals surface area contributed by atoms with Crippen LogP contribution in [0.25, 0.3) is 0 Å². The number of nitrogens with two attached hydrogens (primary N) is 1. The van der Waals surface area contributed by atoms with Crippen LogP contribution in [0, 0.1) is 0 Å². The molecule has 0 aliphatic carbocycles. The molecule has 0 fully saturated rings. The Morgan fingerprint density at radius 1 is 1.45 bits per heavy atom. The lowest BCUT2D eigenvalue weighted by atomic mass is 10.1. The van der Waals surface area contributed by atoms with Crippen LogP contribution in [-0.2, 0) is 11.2 Å². The second-order valence-corrected chi connectivity index (χ2v) is 6.08. The summed E-state index contributed by atoms with van der Waals surface area (Å²) in [7, 11) is 0. The number of ether oxygens (including phenoxy) is 1. The number of halogens is 2. The molecule has 0 aromatic carbocycles. The van der Waals surface area contributed by atoms with E-state index in [1.165, 1.54) is 0 Å². The minimum atomic E-state index is -0.542. The Kier molecular flexibility index (Phi) is 5.98. The Morgan fingerprint density at radius 2 is 2.10 bits per heavy atom. The van der Waals surface area contributed by atoms with Gasteiger partial charge in [-0.1, -0.05) is 23.2 Å². The first-order valence-corrected chi connectivity index (χ1v) is 6.83. The van der Waals surface area contributed by atoms with Gasteiger partial charge in [0.15, 0.2) is 10.3 Å². The zero-order valence-corrected chi connectivity index (χ0v) is 13.1. The molecule has 1 aromatic rings. The Balaban J connectivity index is 2.46. The van der Waals surface area contributed by atoms with Crippen molar-refractivity contribution >= 4 is 29.3 Å². The number of carbonyl (C=O) groups is 1. The Morgan fingerprint density at radius 3 is 2.70 bits per heavy atom. The predicted octanol–water partition coefficient (Wildman–Crippen LogP) is 2.18. The van der Waals surface area contributed by atoms with Crippen LogP contribution in [0.2, 0.25) is 10.3 Å². The second kappa shape index (κ2) is 7.06. The number of amides is 1. The van der Waals surface area contributed by atoms with E-state index in [1.807, 2.05) is 0 Å². The zero-order valence-electron chi connectivity index (χ0n) is 11.6. The number of hydrogen-bond donors (Lipinski definition) is 2. The molecule has 1 unspecified atom stereocenters. The van der Waals surface area contributed by atoms with Gasteiger partial charge in [0.1, 0.15) is 5.60 Å². The Labute approximate surface area is 128 Å². The molecule has 0 radical (unpaired) electrons. The maximum Gasteiger partial charge on any atom is 0.407 e. The van der Waals surface area contributed by atoms with Crippen LogP contribution in [0.5, 0.6) is 0 Å². The number of carbonyl (C=O) groups excluding carboxylic acids is 1. The highest BCUT2D eigenvalue weighted by molar-refractivity contribution is 6.31. The monoisotopic (exact) mass is 320 g/mol. The highest BCUT2D eigenvalue weighted by atomic mass is 35.5. The van der Waals surface area contributed by atoms with Crippen molar-refractivity contribution in [3.05, 3.63) is 21.9 Å². The van der Waals surface area contributed by atoms with Crippen molar-refractivity contribution in [2.75, 3.05) is 6.54 Å². The van der Waals surface area contributed by atoms with Crippen molar-refractivity contribution in [2.24, 2.45) is 5.73 Å². The van der Waals surface area contributed by atoms with Crippen LogP contribution in [0.4, 0.5) is 4.79 Å². The average molecular weight is 321 g/mol. The molecule has 20 heavy (non-hydrogen) atoms. The Bertz CT molecular complexity index is 477. The second-order valence-electron chi connectivity index (χ2n) is 5.33. The van der Waals surface area contributed by atoms with Gasteiger partial charge in [0, 0.05) is 12.6 Å². The van der Waals surface area contributed by atoms with E-state index in [-0.39, 0.29) is 22.9 Å². The fourth-order valence-electron chi connectivity index (χ4n) is 1.41. The van der Waals surface area contributed by atoms with Crippen LogP contribution in [0.15, 0.2) is 6.07 Å². The first-order chi connectivity index (χ1) is 9.17. The van der Waals surface area contributed by atoms with Gasteiger partial charge >= 0.3 is 6.09 Å². The van der Waals surface area contributed by atoms with Crippen LogP contribution in [0.3, 0.4) is 0 Å². The zero-order chi connectivity index (χ0) is 15.3. The minimum Gasteiger partial charge on any atom is -0.444 e. The van der Waals surface area contributed by atoms with E-state index in [1.54, 1.807) is 26.8 Å². The summed E-state index contributed by atoms with van der Waals surface area (Å²) in [5.74, 6) is 0. The highest BCUT2D eigenvalue weighted by Crippen LogP contribution is 2.16. The summed E-state index contributed by atoms with van der Waals surface area (Å²) in [5, 5.41) is 10.4. The van der Waals surface area contributed by atoms with Crippen molar-refractivity contribution in [3.8, 4) is 0 Å². The summed E-state index contributed by atoms with van der Waals surface area (Å²) in [6.07, 6.45) is -0.0888. The van der Waals surface area contributed by atoms with Gasteiger partial charge in [0.05, 0.1) is 0 Å². The van der Waals surface area contributed by atoms with Gasteiger partial charge in [-0.05, 0) is 38.8 Å². The lowest BCUT2D eigenvalue weighted by molar-refractivity contribution is 0.0524. The van der Waals surface area contributed by atoms with Crippen LogP contribution in [0.1, 0.15) is 26.3 Å². The third-order valence-corrected chi connectivity index (χ3v) is 2.68.